The van der Waals surface area contributed by atoms with Crippen LogP contribution in [-0.2, 0) is 11.3 Å². The van der Waals surface area contributed by atoms with Crippen molar-refractivity contribution in [3.05, 3.63) is 59.2 Å². The third kappa shape index (κ3) is 8.87. The van der Waals surface area contributed by atoms with Crippen LogP contribution >= 0.6 is 11.8 Å². The number of amides is 1. The summed E-state index contributed by atoms with van der Waals surface area (Å²) < 4.78 is 0. The average molecular weight is 526 g/mol. The van der Waals surface area contributed by atoms with E-state index in [1.54, 1.807) is 11.8 Å². The van der Waals surface area contributed by atoms with Crippen molar-refractivity contribution in [2.75, 3.05) is 44.7 Å². The standard InChI is InChI=1S/C30H43N3O3S/c1-4-5-15-33(19-18-32-16-8-9-17-32)22-24-12-13-26(27(21-24)25-11-7-6-10-23(25)2)29(34)31-28(30(35)36)14-20-37-3/h6-7,10-13,21,28H,4-5,8-9,14-20,22H2,1-3H3,(H,31,34)(H,35,36). The van der Waals surface area contributed by atoms with Gasteiger partial charge in [0.05, 0.1) is 0 Å². The van der Waals surface area contributed by atoms with E-state index in [1.807, 2.05) is 49.6 Å². The summed E-state index contributed by atoms with van der Waals surface area (Å²) in [5.41, 5.74) is 4.64. The summed E-state index contributed by atoms with van der Waals surface area (Å²) in [4.78, 5) is 30.2. The Morgan fingerprint density at radius 3 is 2.54 bits per heavy atom. The van der Waals surface area contributed by atoms with Crippen LogP contribution in [0.15, 0.2) is 42.5 Å². The van der Waals surface area contributed by atoms with Crippen LogP contribution in [0.1, 0.15) is 60.5 Å². The van der Waals surface area contributed by atoms with Crippen LogP contribution in [0, 0.1) is 6.92 Å². The molecule has 2 aromatic carbocycles. The summed E-state index contributed by atoms with van der Waals surface area (Å²) in [6.07, 6.45) is 7.26. The Hall–Kier alpha value is -2.35. The summed E-state index contributed by atoms with van der Waals surface area (Å²) in [6.45, 7) is 10.7. The van der Waals surface area contributed by atoms with Gasteiger partial charge in [-0.05, 0) is 98.6 Å². The number of benzene rings is 2. The fourth-order valence-corrected chi connectivity index (χ4v) is 5.39. The van der Waals surface area contributed by atoms with Crippen LogP contribution in [0.25, 0.3) is 11.1 Å². The third-order valence-corrected chi connectivity index (χ3v) is 7.79. The molecule has 1 fully saturated rings. The highest BCUT2D eigenvalue weighted by molar-refractivity contribution is 7.98. The molecule has 3 rings (SSSR count). The number of aryl methyl sites for hydroxylation is 1. The number of thioether (sulfide) groups is 1. The molecule has 0 bridgehead atoms. The molecule has 0 aromatic heterocycles. The van der Waals surface area contributed by atoms with Gasteiger partial charge < -0.3 is 15.3 Å². The van der Waals surface area contributed by atoms with E-state index in [9.17, 15) is 14.7 Å². The highest BCUT2D eigenvalue weighted by Gasteiger charge is 2.23. The van der Waals surface area contributed by atoms with Crippen molar-refractivity contribution < 1.29 is 14.7 Å². The lowest BCUT2D eigenvalue weighted by atomic mass is 9.93. The molecule has 0 radical (unpaired) electrons. The number of hydrogen-bond acceptors (Lipinski definition) is 5. The molecule has 1 aliphatic heterocycles. The molecular formula is C30H43N3O3S. The van der Waals surface area contributed by atoms with E-state index in [4.69, 9.17) is 0 Å². The van der Waals surface area contributed by atoms with Gasteiger partial charge >= 0.3 is 5.97 Å². The molecule has 1 atom stereocenters. The van der Waals surface area contributed by atoms with Gasteiger partial charge in [-0.25, -0.2) is 4.79 Å². The van der Waals surface area contributed by atoms with Crippen molar-refractivity contribution in [1.82, 2.24) is 15.1 Å². The number of nitrogens with one attached hydrogen (secondary N) is 1. The summed E-state index contributed by atoms with van der Waals surface area (Å²) in [7, 11) is 0. The SMILES string of the molecule is CCCCN(CCN1CCCC1)Cc1ccc(C(=O)NC(CCSC)C(=O)O)c(-c2ccccc2C)c1. The predicted molar refractivity (Wildman–Crippen MR) is 154 cm³/mol. The summed E-state index contributed by atoms with van der Waals surface area (Å²) in [5.74, 6) is -0.664. The van der Waals surface area contributed by atoms with E-state index in [-0.39, 0.29) is 5.91 Å². The number of carbonyl (C=O) groups is 2. The van der Waals surface area contributed by atoms with E-state index < -0.39 is 12.0 Å². The average Bonchev–Trinajstić information content (AvgIpc) is 3.42. The maximum absolute atomic E-state index is 13.4. The van der Waals surface area contributed by atoms with Crippen molar-refractivity contribution >= 4 is 23.6 Å². The second kappa shape index (κ2) is 15.2. The number of nitrogens with zero attached hydrogens (tertiary/aromatic N) is 2. The lowest BCUT2D eigenvalue weighted by Gasteiger charge is -2.26. The fourth-order valence-electron chi connectivity index (χ4n) is 4.91. The molecule has 6 nitrogen and oxygen atoms in total. The van der Waals surface area contributed by atoms with Crippen molar-refractivity contribution in [1.29, 1.82) is 0 Å². The first-order chi connectivity index (χ1) is 17.9. The van der Waals surface area contributed by atoms with Crippen LogP contribution in [0.3, 0.4) is 0 Å². The molecule has 1 saturated heterocycles. The van der Waals surface area contributed by atoms with E-state index in [2.05, 4.69) is 28.1 Å². The first-order valence-electron chi connectivity index (χ1n) is 13.6. The molecule has 2 aromatic rings. The molecule has 1 amide bonds. The topological polar surface area (TPSA) is 72.9 Å². The summed E-state index contributed by atoms with van der Waals surface area (Å²) in [6, 6.07) is 13.2. The molecule has 7 heteroatoms. The second-order valence-corrected chi connectivity index (χ2v) is 11.0. The van der Waals surface area contributed by atoms with E-state index >= 15 is 0 Å². The number of carboxylic acid groups (broad SMARTS) is 1. The van der Waals surface area contributed by atoms with Crippen molar-refractivity contribution in [2.45, 2.75) is 58.5 Å². The Kier molecular flexibility index (Phi) is 12.0. The normalized spacial score (nSPS) is 14.7. The Labute approximate surface area is 226 Å². The van der Waals surface area contributed by atoms with Gasteiger partial charge in [0, 0.05) is 25.2 Å². The van der Waals surface area contributed by atoms with Gasteiger partial charge in [-0.3, -0.25) is 9.69 Å². The molecule has 2 N–H and O–H groups in total. The Bertz CT molecular complexity index is 1020. The van der Waals surface area contributed by atoms with Crippen molar-refractivity contribution in [3.63, 3.8) is 0 Å². The number of unbranched alkanes of at least 4 members (excludes halogenated alkanes) is 1. The largest absolute Gasteiger partial charge is 0.480 e. The highest BCUT2D eigenvalue weighted by atomic mass is 32.2. The Balaban J connectivity index is 1.86. The fraction of sp³-hybridized carbons (Fsp3) is 0.533. The molecule has 0 saturated carbocycles. The molecule has 1 aliphatic rings. The second-order valence-electron chi connectivity index (χ2n) is 10.0. The molecule has 202 valence electrons. The maximum Gasteiger partial charge on any atom is 0.326 e. The molecule has 1 heterocycles. The van der Waals surface area contributed by atoms with Crippen molar-refractivity contribution in [3.8, 4) is 11.1 Å². The third-order valence-electron chi connectivity index (χ3n) is 7.14. The highest BCUT2D eigenvalue weighted by Crippen LogP contribution is 2.29. The number of aliphatic carboxylic acids is 1. The number of hydrogen-bond donors (Lipinski definition) is 2. The molecule has 0 aliphatic carbocycles. The van der Waals surface area contributed by atoms with E-state index in [0.717, 1.165) is 55.7 Å². The number of carbonyl (C=O) groups excluding carboxylic acids is 1. The quantitative estimate of drug-likeness (QED) is 0.329. The van der Waals surface area contributed by atoms with Gasteiger partial charge in [0.15, 0.2) is 0 Å². The molecule has 37 heavy (non-hydrogen) atoms. The smallest absolute Gasteiger partial charge is 0.326 e. The van der Waals surface area contributed by atoms with Gasteiger partial charge in [-0.15, -0.1) is 0 Å². The minimum Gasteiger partial charge on any atom is -0.480 e. The Morgan fingerprint density at radius 1 is 1.11 bits per heavy atom. The van der Waals surface area contributed by atoms with Crippen LogP contribution < -0.4 is 5.32 Å². The van der Waals surface area contributed by atoms with Crippen LogP contribution in [0.4, 0.5) is 0 Å². The van der Waals surface area contributed by atoms with Gasteiger partial charge in [0.2, 0.25) is 0 Å². The van der Waals surface area contributed by atoms with Crippen molar-refractivity contribution in [2.24, 2.45) is 0 Å². The maximum atomic E-state index is 13.4. The van der Waals surface area contributed by atoms with Gasteiger partial charge in [0.25, 0.3) is 5.91 Å². The molecule has 0 spiro atoms. The lowest BCUT2D eigenvalue weighted by Crippen LogP contribution is -2.41. The minimum absolute atomic E-state index is 0.338. The number of likely N-dealkylation sites (tertiary alicyclic amines) is 1. The lowest BCUT2D eigenvalue weighted by molar-refractivity contribution is -0.139. The van der Waals surface area contributed by atoms with E-state index in [0.29, 0.717) is 17.7 Å². The minimum atomic E-state index is -0.999. The number of rotatable bonds is 15. The summed E-state index contributed by atoms with van der Waals surface area (Å²) in [5, 5.41) is 12.4. The molecular weight excluding hydrogens is 482 g/mol. The predicted octanol–water partition coefficient (Wildman–Crippen LogP) is 5.30. The van der Waals surface area contributed by atoms with Crippen LogP contribution in [0.2, 0.25) is 0 Å². The first kappa shape index (κ1) is 29.2. The van der Waals surface area contributed by atoms with Crippen LogP contribution in [0.5, 0.6) is 0 Å². The van der Waals surface area contributed by atoms with E-state index in [1.165, 1.54) is 31.5 Å². The Morgan fingerprint density at radius 2 is 1.86 bits per heavy atom. The van der Waals surface area contributed by atoms with Gasteiger partial charge in [0.1, 0.15) is 6.04 Å². The van der Waals surface area contributed by atoms with Gasteiger partial charge in [-0.1, -0.05) is 43.7 Å². The number of carboxylic acids is 1. The van der Waals surface area contributed by atoms with Gasteiger partial charge in [-0.2, -0.15) is 11.8 Å². The molecule has 1 unspecified atom stereocenters. The van der Waals surface area contributed by atoms with Crippen LogP contribution in [-0.4, -0.2) is 77.6 Å². The summed E-state index contributed by atoms with van der Waals surface area (Å²) >= 11 is 1.57. The first-order valence-corrected chi connectivity index (χ1v) is 15.0. The monoisotopic (exact) mass is 525 g/mol. The zero-order chi connectivity index (χ0) is 26.6. The zero-order valence-corrected chi connectivity index (χ0v) is 23.5. The zero-order valence-electron chi connectivity index (χ0n) is 22.7.